The molecule has 48 heavy (non-hydrogen) atoms. The minimum atomic E-state index is -2.30. The fourth-order valence-corrected chi connectivity index (χ4v) is 8.70. The first-order valence-corrected chi connectivity index (χ1v) is 17.0. The molecule has 0 amide bonds. The molecule has 3 aromatic rings. The van der Waals surface area contributed by atoms with Gasteiger partial charge in [-0.1, -0.05) is 31.0 Å². The normalized spacial score (nSPS) is 21.8. The molecular weight excluding hydrogens is 627 g/mol. The summed E-state index contributed by atoms with van der Waals surface area (Å²) in [6.45, 7) is 5.33. The van der Waals surface area contributed by atoms with E-state index in [1.165, 1.54) is 51.3 Å². The smallest absolute Gasteiger partial charge is 0.311 e. The van der Waals surface area contributed by atoms with Crippen LogP contribution in [0.25, 0.3) is 6.08 Å². The van der Waals surface area contributed by atoms with Crippen LogP contribution in [0, 0.1) is 29.1 Å². The van der Waals surface area contributed by atoms with E-state index >= 15 is 0 Å². The highest BCUT2D eigenvalue weighted by Crippen LogP contribution is 2.51. The summed E-state index contributed by atoms with van der Waals surface area (Å²) in [5.74, 6) is -12.5. The van der Waals surface area contributed by atoms with Crippen molar-refractivity contribution in [3.05, 3.63) is 87.2 Å². The van der Waals surface area contributed by atoms with Crippen molar-refractivity contribution < 1.29 is 40.8 Å². The molecule has 5 heterocycles. The molecule has 5 aliphatic rings. The lowest BCUT2D eigenvalue weighted by molar-refractivity contribution is -0.444. The summed E-state index contributed by atoms with van der Waals surface area (Å²) in [4.78, 5) is 14.9. The second kappa shape index (κ2) is 11.7. The topological polar surface area (TPSA) is 41.8 Å². The first kappa shape index (κ1) is 31.1. The number of para-hydroxylation sites is 1. The predicted molar refractivity (Wildman–Crippen MR) is 171 cm³/mol. The van der Waals surface area contributed by atoms with E-state index in [9.17, 15) is 26.7 Å². The number of carbonyl (C=O) groups is 1. The third-order valence-electron chi connectivity index (χ3n) is 10.8. The Balaban J connectivity index is 1.02. The molecule has 0 spiro atoms. The third kappa shape index (κ3) is 4.77. The van der Waals surface area contributed by atoms with Gasteiger partial charge in [0.1, 0.15) is 11.9 Å². The van der Waals surface area contributed by atoms with Gasteiger partial charge in [-0.15, -0.1) is 0 Å². The van der Waals surface area contributed by atoms with Crippen molar-refractivity contribution in [1.29, 1.82) is 0 Å². The zero-order chi connectivity index (χ0) is 33.3. The highest BCUT2D eigenvalue weighted by atomic mass is 19.2. The molecule has 5 nitrogen and oxygen atoms in total. The number of hydrogen-bond donors (Lipinski definition) is 0. The maximum absolute atomic E-state index is 14.0. The zero-order valence-electron chi connectivity index (χ0n) is 26.7. The fraction of sp³-hybridized carbons (Fsp3) is 0.421. The summed E-state index contributed by atoms with van der Waals surface area (Å²) in [7, 11) is 0. The van der Waals surface area contributed by atoms with Crippen LogP contribution < -0.4 is 14.4 Å². The number of unbranched alkanes of at least 4 members (excludes halogenated alkanes) is 2. The summed E-state index contributed by atoms with van der Waals surface area (Å²) in [6.07, 6.45) is 9.87. The van der Waals surface area contributed by atoms with Crippen molar-refractivity contribution >= 4 is 29.1 Å². The second-order valence-corrected chi connectivity index (χ2v) is 13.8. The van der Waals surface area contributed by atoms with Crippen LogP contribution in [0.4, 0.5) is 33.3 Å². The summed E-state index contributed by atoms with van der Waals surface area (Å²) in [5.41, 5.74) is 9.95. The van der Waals surface area contributed by atoms with Crippen molar-refractivity contribution in [2.45, 2.75) is 82.7 Å². The predicted octanol–water partition coefficient (Wildman–Crippen LogP) is 8.24. The number of hydrogen-bond acceptors (Lipinski definition) is 4. The number of anilines is 1. The third-order valence-corrected chi connectivity index (χ3v) is 10.8. The summed E-state index contributed by atoms with van der Waals surface area (Å²) in [6, 6.07) is 10.8. The Morgan fingerprint density at radius 1 is 0.979 bits per heavy atom. The molecule has 10 heteroatoms. The second-order valence-electron chi connectivity index (χ2n) is 13.8. The van der Waals surface area contributed by atoms with Crippen molar-refractivity contribution in [3.8, 4) is 11.5 Å². The fourth-order valence-electron chi connectivity index (χ4n) is 8.70. The summed E-state index contributed by atoms with van der Waals surface area (Å²) < 4.78 is 82.4. The Kier molecular flexibility index (Phi) is 7.60. The average molecular weight is 664 g/mol. The van der Waals surface area contributed by atoms with Crippen LogP contribution in [0.5, 0.6) is 11.5 Å². The molecular formula is C38H36F5N2O3+. The minimum absolute atomic E-state index is 0.0395. The van der Waals surface area contributed by atoms with Crippen LogP contribution in [0.15, 0.2) is 35.9 Å². The SMILES string of the molecule is CC1(CCCCCC(=O)Oc2c(F)c(F)c(F)c(F)c2F)C2=[N+](CCC3Oc4c(cc5c6c4CCCN6CCC5)C=C23)c2ccccc21. The van der Waals surface area contributed by atoms with Gasteiger partial charge in [-0.2, -0.15) is 13.4 Å². The van der Waals surface area contributed by atoms with Crippen LogP contribution in [0.1, 0.15) is 80.5 Å². The van der Waals surface area contributed by atoms with Crippen molar-refractivity contribution in [2.75, 3.05) is 24.5 Å². The number of esters is 1. The lowest BCUT2D eigenvalue weighted by Crippen LogP contribution is -2.44. The van der Waals surface area contributed by atoms with Crippen LogP contribution in [-0.4, -0.2) is 42.0 Å². The molecule has 2 atom stereocenters. The first-order chi connectivity index (χ1) is 23.2. The standard InChI is InChI=1S/C38H36F5N2O3/c1-38(15-6-2-3-13-28(46)48-36-32(42)30(40)29(39)31(41)33(36)43)25-11-4-5-12-26(25)45-18-14-27-24(37(38)45)20-22-19-21-9-7-16-44-17-8-10-23(34(21)44)35(22)47-27/h4-5,11-12,19-20,27H,2-3,6-10,13-18H2,1H3/q+1. The van der Waals surface area contributed by atoms with Crippen LogP contribution >= 0.6 is 0 Å². The minimum Gasteiger partial charge on any atom is -0.484 e. The number of ether oxygens (including phenoxy) is 2. The molecule has 8 rings (SSSR count). The number of benzene rings is 3. The van der Waals surface area contributed by atoms with E-state index in [4.69, 9.17) is 4.74 Å². The van der Waals surface area contributed by atoms with E-state index in [1.54, 1.807) is 0 Å². The van der Waals surface area contributed by atoms with Gasteiger partial charge in [-0.3, -0.25) is 4.79 Å². The maximum atomic E-state index is 14.0. The number of rotatable bonds is 7. The highest BCUT2D eigenvalue weighted by molar-refractivity contribution is 6.11. The van der Waals surface area contributed by atoms with E-state index in [-0.39, 0.29) is 17.9 Å². The van der Waals surface area contributed by atoms with Gasteiger partial charge in [-0.25, -0.2) is 13.2 Å². The molecule has 0 radical (unpaired) electrons. The van der Waals surface area contributed by atoms with E-state index in [2.05, 4.69) is 57.5 Å². The molecule has 0 saturated carbocycles. The van der Waals surface area contributed by atoms with E-state index in [0.29, 0.717) is 12.8 Å². The largest absolute Gasteiger partial charge is 0.484 e. The quantitative estimate of drug-likeness (QED) is 0.0486. The molecule has 0 aromatic heterocycles. The first-order valence-electron chi connectivity index (χ1n) is 17.0. The molecule has 250 valence electrons. The summed E-state index contributed by atoms with van der Waals surface area (Å²) in [5, 5.41) is 0. The average Bonchev–Trinajstić information content (AvgIpc) is 3.36. The van der Waals surface area contributed by atoms with Gasteiger partial charge in [0.25, 0.3) is 0 Å². The Morgan fingerprint density at radius 2 is 1.71 bits per heavy atom. The molecule has 3 aromatic carbocycles. The van der Waals surface area contributed by atoms with Crippen molar-refractivity contribution in [2.24, 2.45) is 0 Å². The van der Waals surface area contributed by atoms with Gasteiger partial charge in [-0.05, 0) is 63.2 Å². The van der Waals surface area contributed by atoms with Crippen LogP contribution in [-0.2, 0) is 23.1 Å². The number of carbonyl (C=O) groups excluding carboxylic acids is 1. The lowest BCUT2D eigenvalue weighted by Gasteiger charge is -2.40. The van der Waals surface area contributed by atoms with Gasteiger partial charge in [0.15, 0.2) is 12.3 Å². The monoisotopic (exact) mass is 663 g/mol. The molecule has 0 N–H and O–H groups in total. The molecule has 0 fully saturated rings. The highest BCUT2D eigenvalue weighted by Gasteiger charge is 2.54. The van der Waals surface area contributed by atoms with Gasteiger partial charge >= 0.3 is 5.97 Å². The summed E-state index contributed by atoms with van der Waals surface area (Å²) >= 11 is 0. The van der Waals surface area contributed by atoms with Gasteiger partial charge in [0.2, 0.25) is 40.5 Å². The number of halogens is 5. The Morgan fingerprint density at radius 3 is 2.50 bits per heavy atom. The zero-order valence-corrected chi connectivity index (χ0v) is 26.7. The lowest BCUT2D eigenvalue weighted by atomic mass is 9.71. The molecule has 0 aliphatic carbocycles. The van der Waals surface area contributed by atoms with Crippen LogP contribution in [0.3, 0.4) is 0 Å². The Bertz CT molecular complexity index is 1910. The van der Waals surface area contributed by atoms with Crippen LogP contribution in [0.2, 0.25) is 0 Å². The number of fused-ring (bicyclic) bond motifs is 6. The molecule has 5 aliphatic heterocycles. The van der Waals surface area contributed by atoms with Gasteiger partial charge in [0, 0.05) is 54.4 Å². The number of aryl methyl sites for hydroxylation is 1. The molecule has 2 unspecified atom stereocenters. The Labute approximate surface area is 275 Å². The molecule has 0 saturated heterocycles. The van der Waals surface area contributed by atoms with E-state index in [1.807, 2.05) is 0 Å². The van der Waals surface area contributed by atoms with Gasteiger partial charge in [0.05, 0.1) is 11.0 Å². The number of nitrogens with zero attached hydrogens (tertiary/aromatic N) is 2. The van der Waals surface area contributed by atoms with Crippen molar-refractivity contribution in [3.63, 3.8) is 0 Å². The van der Waals surface area contributed by atoms with Gasteiger partial charge < -0.3 is 14.4 Å². The van der Waals surface area contributed by atoms with E-state index in [0.717, 1.165) is 63.9 Å². The Hall–Kier alpha value is -4.21. The molecule has 0 bridgehead atoms. The van der Waals surface area contributed by atoms with Crippen molar-refractivity contribution in [1.82, 2.24) is 0 Å². The maximum Gasteiger partial charge on any atom is 0.311 e. The van der Waals surface area contributed by atoms with E-state index < -0.39 is 40.8 Å².